The van der Waals surface area contributed by atoms with Gasteiger partial charge in [0.25, 0.3) is 15.9 Å². The van der Waals surface area contributed by atoms with E-state index in [1.54, 1.807) is 7.05 Å². The van der Waals surface area contributed by atoms with E-state index >= 15 is 0 Å². The summed E-state index contributed by atoms with van der Waals surface area (Å²) in [6.07, 6.45) is 0. The molecule has 1 aliphatic rings. The van der Waals surface area contributed by atoms with Crippen LogP contribution in [0.2, 0.25) is 0 Å². The molecule has 11 heteroatoms. The summed E-state index contributed by atoms with van der Waals surface area (Å²) in [5.41, 5.74) is 0.536. The van der Waals surface area contributed by atoms with Crippen molar-refractivity contribution in [3.8, 4) is 0 Å². The maximum Gasteiger partial charge on any atom is 0.282 e. The van der Waals surface area contributed by atoms with Crippen molar-refractivity contribution in [2.24, 2.45) is 0 Å². The first-order valence-electron chi connectivity index (χ1n) is 9.19. The molecule has 0 unspecified atom stereocenters. The van der Waals surface area contributed by atoms with Crippen molar-refractivity contribution in [1.29, 1.82) is 0 Å². The number of nitrogens with zero attached hydrogens (tertiary/aromatic N) is 5. The molecule has 1 saturated heterocycles. The zero-order valence-electron chi connectivity index (χ0n) is 16.4. The number of nitro groups is 1. The summed E-state index contributed by atoms with van der Waals surface area (Å²) in [6, 6.07) is 5.78. The number of amides is 1. The smallest absolute Gasteiger partial charge is 0.282 e. The summed E-state index contributed by atoms with van der Waals surface area (Å²) in [4.78, 5) is 26.1. The molecule has 0 spiro atoms. The standard InChI is InChI=1S/C17H27N5O5S/c1-4-20(5-2)28(26,27)21-12-10-19(11-13-21)14-17(23)18(3)15-6-8-16(9-7-15)22(24)25/h6-9H,4-5,10-14H2,1-3H3. The van der Waals surface area contributed by atoms with Gasteiger partial charge in [-0.3, -0.25) is 19.8 Å². The lowest BCUT2D eigenvalue weighted by Crippen LogP contribution is -2.54. The largest absolute Gasteiger partial charge is 0.314 e. The molecule has 0 aromatic heterocycles. The minimum Gasteiger partial charge on any atom is -0.314 e. The van der Waals surface area contributed by atoms with Gasteiger partial charge in [0, 0.05) is 64.1 Å². The first-order valence-corrected chi connectivity index (χ1v) is 10.6. The summed E-state index contributed by atoms with van der Waals surface area (Å²) < 4.78 is 28.0. The van der Waals surface area contributed by atoms with Crippen LogP contribution in [0.4, 0.5) is 11.4 Å². The number of carbonyl (C=O) groups is 1. The third-order valence-corrected chi connectivity index (χ3v) is 7.06. The maximum absolute atomic E-state index is 12.6. The number of likely N-dealkylation sites (N-methyl/N-ethyl adjacent to an activating group) is 1. The fraction of sp³-hybridized carbons (Fsp3) is 0.588. The van der Waals surface area contributed by atoms with Crippen molar-refractivity contribution in [2.75, 3.05) is 57.8 Å². The Kier molecular flexibility index (Phi) is 7.47. The van der Waals surface area contributed by atoms with Gasteiger partial charge in [-0.25, -0.2) is 0 Å². The lowest BCUT2D eigenvalue weighted by atomic mass is 10.2. The second-order valence-corrected chi connectivity index (χ2v) is 8.42. The van der Waals surface area contributed by atoms with E-state index in [-0.39, 0.29) is 18.1 Å². The highest BCUT2D eigenvalue weighted by molar-refractivity contribution is 7.86. The van der Waals surface area contributed by atoms with Crippen LogP contribution in [0.5, 0.6) is 0 Å². The Morgan fingerprint density at radius 1 is 1.11 bits per heavy atom. The Hall–Kier alpha value is -2.08. The highest BCUT2D eigenvalue weighted by Gasteiger charge is 2.31. The van der Waals surface area contributed by atoms with Crippen LogP contribution in [0, 0.1) is 10.1 Å². The van der Waals surface area contributed by atoms with E-state index in [4.69, 9.17) is 0 Å². The Labute approximate surface area is 165 Å². The zero-order chi connectivity index (χ0) is 20.9. The van der Waals surface area contributed by atoms with Crippen LogP contribution in [-0.2, 0) is 15.0 Å². The van der Waals surface area contributed by atoms with E-state index < -0.39 is 15.1 Å². The molecule has 28 heavy (non-hydrogen) atoms. The van der Waals surface area contributed by atoms with Gasteiger partial charge < -0.3 is 4.90 Å². The number of carbonyl (C=O) groups excluding carboxylic acids is 1. The van der Waals surface area contributed by atoms with E-state index in [1.807, 2.05) is 18.7 Å². The van der Waals surface area contributed by atoms with Gasteiger partial charge in [0.05, 0.1) is 11.5 Å². The molecule has 10 nitrogen and oxygen atoms in total. The summed E-state index contributed by atoms with van der Waals surface area (Å²) in [7, 11) is -1.84. The summed E-state index contributed by atoms with van der Waals surface area (Å²) in [6.45, 7) is 6.26. The Bertz CT molecular complexity index is 787. The number of piperazine rings is 1. The number of nitro benzene ring substituents is 1. The number of benzene rings is 1. The van der Waals surface area contributed by atoms with Gasteiger partial charge in [-0.2, -0.15) is 17.0 Å². The quantitative estimate of drug-likeness (QED) is 0.460. The van der Waals surface area contributed by atoms with Crippen molar-refractivity contribution in [1.82, 2.24) is 13.5 Å². The number of hydrogen-bond donors (Lipinski definition) is 0. The monoisotopic (exact) mass is 413 g/mol. The molecule has 1 aromatic rings. The number of non-ortho nitro benzene ring substituents is 1. The van der Waals surface area contributed by atoms with Crippen LogP contribution in [-0.4, -0.2) is 85.6 Å². The fourth-order valence-electron chi connectivity index (χ4n) is 3.07. The lowest BCUT2D eigenvalue weighted by molar-refractivity contribution is -0.384. The molecule has 1 aliphatic heterocycles. The molecule has 0 atom stereocenters. The average Bonchev–Trinajstić information content (AvgIpc) is 2.68. The van der Waals surface area contributed by atoms with E-state index in [0.717, 1.165) is 0 Å². The fourth-order valence-corrected chi connectivity index (χ4v) is 4.67. The van der Waals surface area contributed by atoms with Gasteiger partial charge in [-0.05, 0) is 12.1 Å². The minimum absolute atomic E-state index is 0.0323. The molecule has 1 fully saturated rings. The van der Waals surface area contributed by atoms with E-state index in [1.165, 1.54) is 37.8 Å². The Balaban J connectivity index is 1.91. The van der Waals surface area contributed by atoms with Gasteiger partial charge in [0.15, 0.2) is 0 Å². The lowest BCUT2D eigenvalue weighted by Gasteiger charge is -2.36. The van der Waals surface area contributed by atoms with Gasteiger partial charge in [0.1, 0.15) is 0 Å². The minimum atomic E-state index is -3.46. The predicted octanol–water partition coefficient (Wildman–Crippen LogP) is 0.762. The molecule has 1 amide bonds. The predicted molar refractivity (Wildman–Crippen MR) is 106 cm³/mol. The second-order valence-electron chi connectivity index (χ2n) is 6.49. The molecule has 0 aliphatic carbocycles. The molecule has 1 heterocycles. The van der Waals surface area contributed by atoms with Crippen LogP contribution in [0.25, 0.3) is 0 Å². The molecule has 0 N–H and O–H groups in total. The number of rotatable bonds is 8. The summed E-state index contributed by atoms with van der Waals surface area (Å²) in [5, 5.41) is 10.7. The third-order valence-electron chi connectivity index (χ3n) is 4.87. The van der Waals surface area contributed by atoms with Crippen LogP contribution < -0.4 is 4.90 Å². The van der Waals surface area contributed by atoms with E-state index in [2.05, 4.69) is 0 Å². The van der Waals surface area contributed by atoms with Crippen molar-refractivity contribution in [3.63, 3.8) is 0 Å². The number of hydrogen-bond acceptors (Lipinski definition) is 6. The zero-order valence-corrected chi connectivity index (χ0v) is 17.3. The van der Waals surface area contributed by atoms with E-state index in [0.29, 0.717) is 45.0 Å². The SMILES string of the molecule is CCN(CC)S(=O)(=O)N1CCN(CC(=O)N(C)c2ccc([N+](=O)[O-])cc2)CC1. The van der Waals surface area contributed by atoms with Crippen LogP contribution in [0.15, 0.2) is 24.3 Å². The van der Waals surface area contributed by atoms with Gasteiger partial charge in [0.2, 0.25) is 5.91 Å². The first-order chi connectivity index (χ1) is 13.2. The average molecular weight is 414 g/mol. The van der Waals surface area contributed by atoms with Gasteiger partial charge in [-0.15, -0.1) is 0 Å². The molecule has 0 saturated carbocycles. The van der Waals surface area contributed by atoms with Crippen LogP contribution in [0.3, 0.4) is 0 Å². The third kappa shape index (κ3) is 5.04. The van der Waals surface area contributed by atoms with Crippen molar-refractivity contribution in [3.05, 3.63) is 34.4 Å². The molecule has 2 rings (SSSR count). The second kappa shape index (κ2) is 9.41. The Morgan fingerprint density at radius 3 is 2.11 bits per heavy atom. The molecule has 1 aromatic carbocycles. The summed E-state index contributed by atoms with van der Waals surface area (Å²) in [5.74, 6) is -0.158. The summed E-state index contributed by atoms with van der Waals surface area (Å²) >= 11 is 0. The highest BCUT2D eigenvalue weighted by Crippen LogP contribution is 2.19. The molecule has 0 radical (unpaired) electrons. The van der Waals surface area contributed by atoms with Crippen LogP contribution >= 0.6 is 0 Å². The topological polar surface area (TPSA) is 107 Å². The van der Waals surface area contributed by atoms with Crippen molar-refractivity contribution < 1.29 is 18.1 Å². The maximum atomic E-state index is 12.6. The first kappa shape index (κ1) is 22.2. The van der Waals surface area contributed by atoms with Gasteiger partial charge >= 0.3 is 0 Å². The number of anilines is 1. The van der Waals surface area contributed by atoms with Crippen molar-refractivity contribution >= 4 is 27.5 Å². The van der Waals surface area contributed by atoms with Crippen molar-refractivity contribution in [2.45, 2.75) is 13.8 Å². The van der Waals surface area contributed by atoms with Crippen LogP contribution in [0.1, 0.15) is 13.8 Å². The highest BCUT2D eigenvalue weighted by atomic mass is 32.2. The normalized spacial score (nSPS) is 16.3. The molecule has 0 bridgehead atoms. The van der Waals surface area contributed by atoms with Gasteiger partial charge in [-0.1, -0.05) is 13.8 Å². The molecular weight excluding hydrogens is 386 g/mol. The van der Waals surface area contributed by atoms with E-state index in [9.17, 15) is 23.3 Å². The molecule has 156 valence electrons. The molecular formula is C17H27N5O5S. The Morgan fingerprint density at radius 2 is 1.64 bits per heavy atom.